The van der Waals surface area contributed by atoms with E-state index < -0.39 is 0 Å². The minimum absolute atomic E-state index is 0.155. The Morgan fingerprint density at radius 2 is 1.93 bits per heavy atom. The fourth-order valence-corrected chi connectivity index (χ4v) is 3.37. The standard InChI is InChI=1S/C19H23N5O3S/c1-13-8-16(22-24(13)10-15-6-4-3-5-7-15)20-18(25)11-28-12-19(26)21-17-9-14(2)27-23-17/h3-7,9,13H,8,10-12H2,1-2H3,(H,20,22,25)(H,21,23,26)/t13-/m0/s1. The van der Waals surface area contributed by atoms with E-state index in [0.717, 1.165) is 0 Å². The molecule has 1 aromatic carbocycles. The Morgan fingerprint density at radius 1 is 1.21 bits per heavy atom. The van der Waals surface area contributed by atoms with E-state index in [1.165, 1.54) is 17.3 Å². The summed E-state index contributed by atoms with van der Waals surface area (Å²) in [5.41, 5.74) is 1.18. The van der Waals surface area contributed by atoms with Crippen LogP contribution in [-0.4, -0.2) is 45.4 Å². The number of aryl methyl sites for hydroxylation is 1. The topological polar surface area (TPSA) is 99.8 Å². The Kier molecular flexibility index (Phi) is 6.70. The lowest BCUT2D eigenvalue weighted by atomic mass is 10.2. The quantitative estimate of drug-likeness (QED) is 0.739. The molecular formula is C19H23N5O3S. The van der Waals surface area contributed by atoms with Gasteiger partial charge in [0.15, 0.2) is 5.82 Å². The first kappa shape index (κ1) is 19.9. The summed E-state index contributed by atoms with van der Waals surface area (Å²) in [4.78, 5) is 24.0. The van der Waals surface area contributed by atoms with E-state index >= 15 is 0 Å². The van der Waals surface area contributed by atoms with Crippen LogP contribution in [0.1, 0.15) is 24.7 Å². The van der Waals surface area contributed by atoms with Crippen molar-refractivity contribution in [1.29, 1.82) is 0 Å². The highest BCUT2D eigenvalue weighted by Gasteiger charge is 2.23. The van der Waals surface area contributed by atoms with Gasteiger partial charge in [0.2, 0.25) is 11.8 Å². The van der Waals surface area contributed by atoms with Crippen LogP contribution in [0.5, 0.6) is 0 Å². The van der Waals surface area contributed by atoms with Crippen LogP contribution in [0.4, 0.5) is 5.82 Å². The lowest BCUT2D eigenvalue weighted by molar-refractivity contribution is -0.117. The van der Waals surface area contributed by atoms with Crippen LogP contribution in [0.15, 0.2) is 46.0 Å². The minimum Gasteiger partial charge on any atom is -0.360 e. The second-order valence-corrected chi connectivity index (χ2v) is 7.58. The molecular weight excluding hydrogens is 378 g/mol. The molecule has 2 aromatic rings. The monoisotopic (exact) mass is 401 g/mol. The summed E-state index contributed by atoms with van der Waals surface area (Å²) in [7, 11) is 0. The fourth-order valence-electron chi connectivity index (χ4n) is 2.76. The molecule has 1 atom stereocenters. The van der Waals surface area contributed by atoms with Gasteiger partial charge in [0.1, 0.15) is 11.6 Å². The maximum atomic E-state index is 12.1. The molecule has 0 radical (unpaired) electrons. The Morgan fingerprint density at radius 3 is 2.61 bits per heavy atom. The first-order valence-corrected chi connectivity index (χ1v) is 10.1. The molecule has 3 rings (SSSR count). The Labute approximate surface area is 167 Å². The number of rotatable bonds is 7. The molecule has 0 spiro atoms. The summed E-state index contributed by atoms with van der Waals surface area (Å²) in [6.45, 7) is 4.53. The second kappa shape index (κ2) is 9.41. The predicted octanol–water partition coefficient (Wildman–Crippen LogP) is 2.38. The minimum atomic E-state index is -0.230. The molecule has 0 saturated carbocycles. The van der Waals surface area contributed by atoms with E-state index in [2.05, 4.69) is 39.9 Å². The number of amides is 2. The zero-order valence-electron chi connectivity index (χ0n) is 15.8. The van der Waals surface area contributed by atoms with Gasteiger partial charge in [-0.3, -0.25) is 14.6 Å². The molecule has 0 unspecified atom stereocenters. The van der Waals surface area contributed by atoms with Crippen LogP contribution >= 0.6 is 11.8 Å². The molecule has 0 saturated heterocycles. The third-order valence-electron chi connectivity index (χ3n) is 4.08. The first-order chi connectivity index (χ1) is 13.5. The lowest BCUT2D eigenvalue weighted by Gasteiger charge is -2.19. The molecule has 1 aliphatic heterocycles. The number of anilines is 1. The molecule has 8 nitrogen and oxygen atoms in total. The summed E-state index contributed by atoms with van der Waals surface area (Å²) in [6.07, 6.45) is 0.690. The maximum Gasteiger partial charge on any atom is 0.235 e. The maximum absolute atomic E-state index is 12.1. The Hall–Kier alpha value is -2.81. The third-order valence-corrected chi connectivity index (χ3v) is 5.01. The van der Waals surface area contributed by atoms with Crippen LogP contribution in [0.25, 0.3) is 0 Å². The van der Waals surface area contributed by atoms with Crippen molar-refractivity contribution < 1.29 is 14.1 Å². The van der Waals surface area contributed by atoms with Gasteiger partial charge in [-0.15, -0.1) is 11.8 Å². The van der Waals surface area contributed by atoms with E-state index in [1.807, 2.05) is 23.2 Å². The summed E-state index contributed by atoms with van der Waals surface area (Å²) in [6, 6.07) is 12.0. The number of hydrogen-bond donors (Lipinski definition) is 2. The van der Waals surface area contributed by atoms with Crippen molar-refractivity contribution in [3.63, 3.8) is 0 Å². The molecule has 0 aliphatic carbocycles. The molecule has 148 valence electrons. The highest BCUT2D eigenvalue weighted by molar-refractivity contribution is 8.00. The van der Waals surface area contributed by atoms with Crippen LogP contribution in [-0.2, 0) is 16.1 Å². The van der Waals surface area contributed by atoms with Gasteiger partial charge in [0.05, 0.1) is 24.1 Å². The van der Waals surface area contributed by atoms with Crippen LogP contribution in [0.2, 0.25) is 0 Å². The number of amidine groups is 1. The molecule has 0 bridgehead atoms. The van der Waals surface area contributed by atoms with E-state index in [0.29, 0.717) is 30.4 Å². The highest BCUT2D eigenvalue weighted by Crippen LogP contribution is 2.17. The van der Waals surface area contributed by atoms with Gasteiger partial charge in [-0.2, -0.15) is 5.10 Å². The fraction of sp³-hybridized carbons (Fsp3) is 0.368. The molecule has 2 N–H and O–H groups in total. The molecule has 0 fully saturated rings. The summed E-state index contributed by atoms with van der Waals surface area (Å²) in [5.74, 6) is 1.60. The molecule has 2 heterocycles. The van der Waals surface area contributed by atoms with Crippen molar-refractivity contribution in [2.45, 2.75) is 32.9 Å². The number of aromatic nitrogens is 1. The predicted molar refractivity (Wildman–Crippen MR) is 109 cm³/mol. The highest BCUT2D eigenvalue weighted by atomic mass is 32.2. The van der Waals surface area contributed by atoms with Crippen molar-refractivity contribution in [3.05, 3.63) is 47.7 Å². The van der Waals surface area contributed by atoms with Crippen LogP contribution in [0.3, 0.4) is 0 Å². The van der Waals surface area contributed by atoms with E-state index in [4.69, 9.17) is 4.52 Å². The first-order valence-electron chi connectivity index (χ1n) is 8.98. The van der Waals surface area contributed by atoms with E-state index in [9.17, 15) is 9.59 Å². The molecule has 28 heavy (non-hydrogen) atoms. The van der Waals surface area contributed by atoms with Gasteiger partial charge in [0, 0.05) is 12.5 Å². The third kappa shape index (κ3) is 5.85. The average Bonchev–Trinajstić information content (AvgIpc) is 3.21. The van der Waals surface area contributed by atoms with Gasteiger partial charge in [-0.25, -0.2) is 0 Å². The van der Waals surface area contributed by atoms with Crippen LogP contribution in [0, 0.1) is 6.92 Å². The summed E-state index contributed by atoms with van der Waals surface area (Å²) < 4.78 is 4.88. The summed E-state index contributed by atoms with van der Waals surface area (Å²) in [5, 5.41) is 15.6. The smallest absolute Gasteiger partial charge is 0.235 e. The van der Waals surface area contributed by atoms with Crippen molar-refractivity contribution in [2.24, 2.45) is 5.10 Å². The number of hydrazone groups is 1. The van der Waals surface area contributed by atoms with Crippen molar-refractivity contribution in [3.8, 4) is 0 Å². The number of thioether (sulfide) groups is 1. The number of benzene rings is 1. The second-order valence-electron chi connectivity index (χ2n) is 6.59. The number of carbonyl (C=O) groups excluding carboxylic acids is 2. The van der Waals surface area contributed by atoms with Gasteiger partial charge < -0.3 is 15.2 Å². The van der Waals surface area contributed by atoms with Gasteiger partial charge in [0.25, 0.3) is 0 Å². The molecule has 9 heteroatoms. The zero-order valence-corrected chi connectivity index (χ0v) is 16.7. The number of nitrogens with zero attached hydrogens (tertiary/aromatic N) is 3. The largest absolute Gasteiger partial charge is 0.360 e. The molecule has 2 amide bonds. The number of carbonyl (C=O) groups is 2. The lowest BCUT2D eigenvalue weighted by Crippen LogP contribution is -2.31. The van der Waals surface area contributed by atoms with Crippen molar-refractivity contribution in [2.75, 3.05) is 16.8 Å². The molecule has 1 aliphatic rings. The van der Waals surface area contributed by atoms with Gasteiger partial charge >= 0.3 is 0 Å². The zero-order chi connectivity index (χ0) is 19.9. The van der Waals surface area contributed by atoms with Crippen LogP contribution < -0.4 is 10.6 Å². The number of nitrogens with one attached hydrogen (secondary N) is 2. The van der Waals surface area contributed by atoms with E-state index in [-0.39, 0.29) is 29.4 Å². The van der Waals surface area contributed by atoms with E-state index in [1.54, 1.807) is 13.0 Å². The van der Waals surface area contributed by atoms with Gasteiger partial charge in [-0.05, 0) is 19.4 Å². The van der Waals surface area contributed by atoms with Gasteiger partial charge in [-0.1, -0.05) is 35.5 Å². The van der Waals surface area contributed by atoms with Crippen molar-refractivity contribution in [1.82, 2.24) is 15.5 Å². The average molecular weight is 401 g/mol. The molecule has 1 aromatic heterocycles. The Balaban J connectivity index is 1.39. The number of hydrogen-bond acceptors (Lipinski definition) is 7. The normalized spacial score (nSPS) is 16.0. The SMILES string of the molecule is Cc1cc(NC(=O)CSCC(=O)NC2=NN(Cc3ccccc3)[C@@H](C)C2)no1. The van der Waals surface area contributed by atoms with Crippen molar-refractivity contribution >= 4 is 35.2 Å². The Bertz CT molecular complexity index is 852. The summed E-state index contributed by atoms with van der Waals surface area (Å²) >= 11 is 1.23.